The first-order valence-corrected chi connectivity index (χ1v) is 8.83. The van der Waals surface area contributed by atoms with Gasteiger partial charge in [0.15, 0.2) is 0 Å². The molecule has 0 aromatic carbocycles. The molecule has 2 aromatic rings. The fourth-order valence-electron chi connectivity index (χ4n) is 4.32. The zero-order valence-corrected chi connectivity index (χ0v) is 14.4. The van der Waals surface area contributed by atoms with Gasteiger partial charge in [0.2, 0.25) is 0 Å². The number of hydrogen-bond acceptors (Lipinski definition) is 4. The second kappa shape index (κ2) is 6.13. The van der Waals surface area contributed by atoms with E-state index in [0.717, 1.165) is 37.4 Å². The summed E-state index contributed by atoms with van der Waals surface area (Å²) < 4.78 is 1.99. The Morgan fingerprint density at radius 3 is 2.83 bits per heavy atom. The number of likely N-dealkylation sites (tertiary alicyclic amines) is 1. The normalized spacial score (nSPS) is 23.3. The zero-order chi connectivity index (χ0) is 16.7. The number of piperidine rings is 1. The van der Waals surface area contributed by atoms with Crippen molar-refractivity contribution < 1.29 is 0 Å². The molecule has 2 aliphatic heterocycles. The van der Waals surface area contributed by atoms with Gasteiger partial charge in [0.1, 0.15) is 0 Å². The summed E-state index contributed by atoms with van der Waals surface area (Å²) in [6.45, 7) is 8.70. The van der Waals surface area contributed by atoms with Gasteiger partial charge in [-0.2, -0.15) is 0 Å². The monoisotopic (exact) mass is 324 g/mol. The van der Waals surface area contributed by atoms with Gasteiger partial charge in [-0.05, 0) is 24.3 Å². The second-order valence-corrected chi connectivity index (χ2v) is 7.62. The molecule has 0 radical (unpaired) electrons. The van der Waals surface area contributed by atoms with E-state index >= 15 is 0 Å². The average molecular weight is 324 g/mol. The molecule has 5 heteroatoms. The highest BCUT2D eigenvalue weighted by molar-refractivity contribution is 5.58. The van der Waals surface area contributed by atoms with Gasteiger partial charge in [-0.25, -0.2) is 0 Å². The Bertz CT molecular complexity index is 784. The highest BCUT2D eigenvalue weighted by Crippen LogP contribution is 2.36. The van der Waals surface area contributed by atoms with E-state index < -0.39 is 0 Å². The predicted octanol–water partition coefficient (Wildman–Crippen LogP) is 2.38. The first-order chi connectivity index (χ1) is 11.6. The number of nitrogens with zero attached hydrogens (tertiary/aromatic N) is 4. The Labute approximate surface area is 142 Å². The van der Waals surface area contributed by atoms with Gasteiger partial charge < -0.3 is 9.47 Å². The topological polar surface area (TPSA) is 51.0 Å². The van der Waals surface area contributed by atoms with E-state index in [9.17, 15) is 4.79 Å². The van der Waals surface area contributed by atoms with Crippen LogP contribution in [0.3, 0.4) is 0 Å². The maximum Gasteiger partial charge on any atom is 0.251 e. The van der Waals surface area contributed by atoms with Crippen LogP contribution in [0.2, 0.25) is 0 Å². The third-order valence-corrected chi connectivity index (χ3v) is 5.11. The Kier molecular flexibility index (Phi) is 3.96. The molecular weight excluding hydrogens is 300 g/mol. The third-order valence-electron chi connectivity index (χ3n) is 5.11. The summed E-state index contributed by atoms with van der Waals surface area (Å²) >= 11 is 0. The SMILES string of the molecule is CC(C)CN1C[C@@H]2C[C@H](C1)c1cc(-c3cnccn3)cc(=O)n1C2. The second-order valence-electron chi connectivity index (χ2n) is 7.62. The molecule has 5 nitrogen and oxygen atoms in total. The number of aromatic nitrogens is 3. The fourth-order valence-corrected chi connectivity index (χ4v) is 4.32. The molecule has 2 bridgehead atoms. The molecule has 2 aromatic heterocycles. The van der Waals surface area contributed by atoms with Crippen molar-refractivity contribution >= 4 is 0 Å². The molecule has 2 atom stereocenters. The molecule has 0 N–H and O–H groups in total. The molecule has 0 aliphatic carbocycles. The molecule has 24 heavy (non-hydrogen) atoms. The van der Waals surface area contributed by atoms with Crippen LogP contribution in [0.5, 0.6) is 0 Å². The van der Waals surface area contributed by atoms with E-state index in [4.69, 9.17) is 0 Å². The Balaban J connectivity index is 1.71. The van der Waals surface area contributed by atoms with Crippen molar-refractivity contribution in [3.05, 3.63) is 46.8 Å². The zero-order valence-electron chi connectivity index (χ0n) is 14.4. The summed E-state index contributed by atoms with van der Waals surface area (Å²) in [5.74, 6) is 1.72. The smallest absolute Gasteiger partial charge is 0.251 e. The van der Waals surface area contributed by atoms with Crippen molar-refractivity contribution in [2.45, 2.75) is 32.7 Å². The minimum Gasteiger partial charge on any atom is -0.312 e. The molecule has 0 spiro atoms. The van der Waals surface area contributed by atoms with Crippen LogP contribution < -0.4 is 5.56 Å². The van der Waals surface area contributed by atoms with Crippen molar-refractivity contribution in [1.29, 1.82) is 0 Å². The van der Waals surface area contributed by atoms with Crippen LogP contribution in [0, 0.1) is 11.8 Å². The molecule has 0 amide bonds. The average Bonchev–Trinajstić information content (AvgIpc) is 2.56. The van der Waals surface area contributed by atoms with Crippen LogP contribution >= 0.6 is 0 Å². The minimum atomic E-state index is 0.0974. The first-order valence-electron chi connectivity index (χ1n) is 8.83. The molecule has 1 fully saturated rings. The lowest BCUT2D eigenvalue weighted by Crippen LogP contribution is -2.48. The number of rotatable bonds is 3. The third kappa shape index (κ3) is 2.88. The van der Waals surface area contributed by atoms with Gasteiger partial charge in [-0.15, -0.1) is 0 Å². The lowest BCUT2D eigenvalue weighted by Gasteiger charge is -2.43. The minimum absolute atomic E-state index is 0.0974. The van der Waals surface area contributed by atoms with Crippen LogP contribution in [0.15, 0.2) is 35.5 Å². The van der Waals surface area contributed by atoms with Crippen LogP contribution in [0.1, 0.15) is 31.9 Å². The van der Waals surface area contributed by atoms with Crippen LogP contribution in [0.25, 0.3) is 11.3 Å². The van der Waals surface area contributed by atoms with E-state index in [0.29, 0.717) is 17.8 Å². The molecular formula is C19H24N4O. The highest BCUT2D eigenvalue weighted by atomic mass is 16.1. The van der Waals surface area contributed by atoms with E-state index in [2.05, 4.69) is 34.8 Å². The summed E-state index contributed by atoms with van der Waals surface area (Å²) in [5, 5.41) is 0. The van der Waals surface area contributed by atoms with Gasteiger partial charge >= 0.3 is 0 Å². The summed E-state index contributed by atoms with van der Waals surface area (Å²) in [6.07, 6.45) is 6.25. The summed E-state index contributed by atoms with van der Waals surface area (Å²) in [6, 6.07) is 3.87. The molecule has 0 unspecified atom stereocenters. The molecule has 2 aliphatic rings. The quantitative estimate of drug-likeness (QED) is 0.870. The van der Waals surface area contributed by atoms with E-state index in [1.165, 1.54) is 12.1 Å². The predicted molar refractivity (Wildman–Crippen MR) is 93.9 cm³/mol. The van der Waals surface area contributed by atoms with Crippen molar-refractivity contribution in [3.63, 3.8) is 0 Å². The van der Waals surface area contributed by atoms with Crippen molar-refractivity contribution in [2.75, 3.05) is 19.6 Å². The molecule has 4 heterocycles. The van der Waals surface area contributed by atoms with Crippen molar-refractivity contribution in [3.8, 4) is 11.3 Å². The van der Waals surface area contributed by atoms with Gasteiger partial charge in [0, 0.05) is 61.8 Å². The van der Waals surface area contributed by atoms with Crippen molar-refractivity contribution in [1.82, 2.24) is 19.4 Å². The number of fused-ring (bicyclic) bond motifs is 4. The summed E-state index contributed by atoms with van der Waals surface area (Å²) in [7, 11) is 0. The maximum absolute atomic E-state index is 12.6. The van der Waals surface area contributed by atoms with Crippen LogP contribution in [-0.4, -0.2) is 39.1 Å². The Morgan fingerprint density at radius 1 is 1.21 bits per heavy atom. The molecule has 126 valence electrons. The lowest BCUT2D eigenvalue weighted by atomic mass is 9.82. The summed E-state index contributed by atoms with van der Waals surface area (Å²) in [4.78, 5) is 23.7. The van der Waals surface area contributed by atoms with Crippen molar-refractivity contribution in [2.24, 2.45) is 11.8 Å². The van der Waals surface area contributed by atoms with E-state index in [-0.39, 0.29) is 5.56 Å². The van der Waals surface area contributed by atoms with Gasteiger partial charge in [0.25, 0.3) is 5.56 Å². The van der Waals surface area contributed by atoms with E-state index in [1.807, 2.05) is 4.57 Å². The van der Waals surface area contributed by atoms with Gasteiger partial charge in [-0.3, -0.25) is 14.8 Å². The lowest BCUT2D eigenvalue weighted by molar-refractivity contribution is 0.109. The molecule has 4 rings (SSSR count). The summed E-state index contributed by atoms with van der Waals surface area (Å²) in [5.41, 5.74) is 2.93. The molecule has 0 saturated carbocycles. The Morgan fingerprint density at radius 2 is 2.08 bits per heavy atom. The fraction of sp³-hybridized carbons (Fsp3) is 0.526. The number of hydrogen-bond donors (Lipinski definition) is 0. The highest BCUT2D eigenvalue weighted by Gasteiger charge is 2.34. The maximum atomic E-state index is 12.6. The van der Waals surface area contributed by atoms with Crippen LogP contribution in [-0.2, 0) is 6.54 Å². The largest absolute Gasteiger partial charge is 0.312 e. The number of pyridine rings is 1. The van der Waals surface area contributed by atoms with Crippen LogP contribution in [0.4, 0.5) is 0 Å². The first kappa shape index (κ1) is 15.5. The standard InChI is InChI=1S/C19H24N4O/c1-13(2)9-22-10-14-5-16(12-22)18-6-15(7-19(24)23(18)11-14)17-8-20-3-4-21-17/h3-4,6-8,13-14,16H,5,9-12H2,1-2H3/t14-,16+/m0/s1. The Hall–Kier alpha value is -2.01. The van der Waals surface area contributed by atoms with Gasteiger partial charge in [-0.1, -0.05) is 13.8 Å². The molecule has 1 saturated heterocycles. The van der Waals surface area contributed by atoms with Gasteiger partial charge in [0.05, 0.1) is 11.9 Å². The van der Waals surface area contributed by atoms with E-state index in [1.54, 1.807) is 24.7 Å².